The molecule has 138 valence electrons. The summed E-state index contributed by atoms with van der Waals surface area (Å²) in [7, 11) is 0. The van der Waals surface area contributed by atoms with Gasteiger partial charge in [0.2, 0.25) is 11.8 Å². The molecule has 28 heavy (non-hydrogen) atoms. The Balaban J connectivity index is 1.66. The number of nitrogens with zero attached hydrogens (tertiary/aromatic N) is 2. The van der Waals surface area contributed by atoms with Crippen LogP contribution in [-0.4, -0.2) is 16.0 Å². The molecule has 0 spiro atoms. The topological polar surface area (TPSA) is 69.1 Å². The van der Waals surface area contributed by atoms with Crippen molar-refractivity contribution in [1.29, 1.82) is 0 Å². The lowest BCUT2D eigenvalue weighted by molar-refractivity contribution is 0.0998. The molecule has 0 fully saturated rings. The monoisotopic (exact) mass is 370 g/mol. The summed E-state index contributed by atoms with van der Waals surface area (Å²) < 4.78 is 11.3. The van der Waals surface area contributed by atoms with E-state index in [1.54, 1.807) is 18.4 Å². The van der Waals surface area contributed by atoms with E-state index < -0.39 is 0 Å². The normalized spacial score (nSPS) is 11.5. The van der Waals surface area contributed by atoms with E-state index in [1.165, 1.54) is 0 Å². The van der Waals surface area contributed by atoms with Crippen molar-refractivity contribution in [1.82, 2.24) is 10.2 Å². The van der Waals surface area contributed by atoms with E-state index in [1.807, 2.05) is 67.6 Å². The first-order valence-corrected chi connectivity index (χ1v) is 8.92. The Bertz CT molecular complexity index is 1090. The quantitative estimate of drug-likeness (QED) is 0.422. The fourth-order valence-electron chi connectivity index (χ4n) is 2.80. The Morgan fingerprint density at radius 3 is 2.46 bits per heavy atom. The molecule has 5 heteroatoms. The van der Waals surface area contributed by atoms with Gasteiger partial charge in [0.25, 0.3) is 0 Å². The molecule has 2 heterocycles. The third-order valence-corrected chi connectivity index (χ3v) is 4.30. The van der Waals surface area contributed by atoms with Gasteiger partial charge in [-0.25, -0.2) is 0 Å². The molecule has 2 aromatic heterocycles. The van der Waals surface area contributed by atoms with Crippen LogP contribution in [0.2, 0.25) is 0 Å². The van der Waals surface area contributed by atoms with Crippen LogP contribution in [0.25, 0.3) is 23.1 Å². The summed E-state index contributed by atoms with van der Waals surface area (Å²) in [5, 5.41) is 8.28. The van der Waals surface area contributed by atoms with Gasteiger partial charge in [0, 0.05) is 23.1 Å². The highest BCUT2D eigenvalue weighted by atomic mass is 16.4. The first-order valence-electron chi connectivity index (χ1n) is 8.92. The molecule has 0 aliphatic carbocycles. The Morgan fingerprint density at radius 1 is 0.964 bits per heavy atom. The van der Waals surface area contributed by atoms with Crippen molar-refractivity contribution in [3.63, 3.8) is 0 Å². The molecule has 4 aromatic rings. The molecule has 0 aliphatic rings. The zero-order chi connectivity index (χ0) is 19.3. The number of carbonyl (C=O) groups excluding carboxylic acids is 1. The molecule has 4 rings (SSSR count). The van der Waals surface area contributed by atoms with Crippen molar-refractivity contribution in [2.24, 2.45) is 0 Å². The number of Topliss-reactive ketones (excluding diaryl/α,β-unsaturated/α-hetero) is 1. The number of carbonyl (C=O) groups is 1. The minimum atomic E-state index is -0.0303. The van der Waals surface area contributed by atoms with Crippen molar-refractivity contribution in [2.75, 3.05) is 0 Å². The minimum absolute atomic E-state index is 0.0303. The number of furan rings is 1. The highest BCUT2D eigenvalue weighted by molar-refractivity contribution is 6.03. The van der Waals surface area contributed by atoms with E-state index in [9.17, 15) is 4.79 Å². The van der Waals surface area contributed by atoms with Crippen molar-refractivity contribution in [2.45, 2.75) is 13.3 Å². The average Bonchev–Trinajstić information content (AvgIpc) is 3.41. The summed E-state index contributed by atoms with van der Waals surface area (Å²) in [6, 6.07) is 20.6. The molecule has 2 aromatic carbocycles. The second kappa shape index (κ2) is 7.88. The second-order valence-electron chi connectivity index (χ2n) is 6.43. The molecule has 0 saturated carbocycles. The Kier molecular flexibility index (Phi) is 4.97. The summed E-state index contributed by atoms with van der Waals surface area (Å²) in [5.74, 6) is 1.29. The largest absolute Gasteiger partial charge is 0.465 e. The number of allylic oxidation sites excluding steroid dienone is 1. The van der Waals surface area contributed by atoms with E-state index in [0.29, 0.717) is 28.7 Å². The highest BCUT2D eigenvalue weighted by Gasteiger charge is 2.17. The van der Waals surface area contributed by atoms with Crippen LogP contribution in [0.15, 0.2) is 81.8 Å². The molecule has 0 amide bonds. The second-order valence-corrected chi connectivity index (χ2v) is 6.43. The number of aromatic nitrogens is 2. The summed E-state index contributed by atoms with van der Waals surface area (Å²) >= 11 is 0. The zero-order valence-corrected chi connectivity index (χ0v) is 15.3. The predicted molar refractivity (Wildman–Crippen MR) is 106 cm³/mol. The maximum atomic E-state index is 12.8. The molecule has 5 nitrogen and oxygen atoms in total. The molecular formula is C23H18N2O3. The van der Waals surface area contributed by atoms with Gasteiger partial charge in [-0.05, 0) is 37.3 Å². The Morgan fingerprint density at radius 2 is 1.75 bits per heavy atom. The molecular weight excluding hydrogens is 352 g/mol. The standard InChI is InChI=1S/C23H18N2O3/c1-16-9-11-17(12-10-16)21(26)15-19(14-20-8-5-13-27-20)23-25-24-22(28-23)18-6-3-2-4-7-18/h2-14H,15H2,1H3/b19-14+. The molecule has 0 aliphatic heterocycles. The van der Waals surface area contributed by atoms with Gasteiger partial charge in [0.05, 0.1) is 6.26 Å². The number of ketones is 1. The van der Waals surface area contributed by atoms with Gasteiger partial charge in [0.15, 0.2) is 5.78 Å². The van der Waals surface area contributed by atoms with Gasteiger partial charge < -0.3 is 8.83 Å². The summed E-state index contributed by atoms with van der Waals surface area (Å²) in [6.45, 7) is 1.99. The SMILES string of the molecule is Cc1ccc(C(=O)C/C(=C\c2ccco2)c2nnc(-c3ccccc3)o2)cc1. The summed E-state index contributed by atoms with van der Waals surface area (Å²) in [4.78, 5) is 12.8. The fourth-order valence-corrected chi connectivity index (χ4v) is 2.80. The first-order chi connectivity index (χ1) is 13.7. The molecule has 0 bridgehead atoms. The van der Waals surface area contributed by atoms with E-state index in [0.717, 1.165) is 11.1 Å². The van der Waals surface area contributed by atoms with Crippen LogP contribution in [-0.2, 0) is 0 Å². The van der Waals surface area contributed by atoms with E-state index in [-0.39, 0.29) is 12.2 Å². The molecule has 0 radical (unpaired) electrons. The Hall–Kier alpha value is -3.73. The third kappa shape index (κ3) is 3.99. The van der Waals surface area contributed by atoms with Gasteiger partial charge in [-0.2, -0.15) is 0 Å². The van der Waals surface area contributed by atoms with Crippen molar-refractivity contribution < 1.29 is 13.6 Å². The third-order valence-electron chi connectivity index (χ3n) is 4.30. The molecule has 0 N–H and O–H groups in total. The van der Waals surface area contributed by atoms with Crippen LogP contribution >= 0.6 is 0 Å². The van der Waals surface area contributed by atoms with E-state index in [4.69, 9.17) is 8.83 Å². The lowest BCUT2D eigenvalue weighted by Crippen LogP contribution is -2.01. The van der Waals surface area contributed by atoms with Gasteiger partial charge in [-0.15, -0.1) is 10.2 Å². The highest BCUT2D eigenvalue weighted by Crippen LogP contribution is 2.26. The molecule has 0 saturated heterocycles. The van der Waals surface area contributed by atoms with Gasteiger partial charge in [-0.1, -0.05) is 48.0 Å². The van der Waals surface area contributed by atoms with Crippen molar-refractivity contribution in [3.05, 3.63) is 95.8 Å². The number of aryl methyl sites for hydroxylation is 1. The molecule has 0 atom stereocenters. The zero-order valence-electron chi connectivity index (χ0n) is 15.3. The lowest BCUT2D eigenvalue weighted by atomic mass is 10.0. The predicted octanol–water partition coefficient (Wildman–Crippen LogP) is 5.45. The van der Waals surface area contributed by atoms with Crippen molar-refractivity contribution in [3.8, 4) is 11.5 Å². The maximum absolute atomic E-state index is 12.8. The van der Waals surface area contributed by atoms with Gasteiger partial charge in [0.1, 0.15) is 5.76 Å². The molecule has 0 unspecified atom stereocenters. The summed E-state index contributed by atoms with van der Waals surface area (Å²) in [6.07, 6.45) is 3.46. The van der Waals surface area contributed by atoms with Crippen LogP contribution in [0.3, 0.4) is 0 Å². The Labute approximate surface area is 162 Å². The smallest absolute Gasteiger partial charge is 0.248 e. The lowest BCUT2D eigenvalue weighted by Gasteiger charge is -2.04. The maximum Gasteiger partial charge on any atom is 0.248 e. The van der Waals surface area contributed by atoms with E-state index in [2.05, 4.69) is 10.2 Å². The van der Waals surface area contributed by atoms with Gasteiger partial charge in [-0.3, -0.25) is 4.79 Å². The van der Waals surface area contributed by atoms with Crippen LogP contribution in [0.1, 0.15) is 34.0 Å². The van der Waals surface area contributed by atoms with Crippen LogP contribution in [0.4, 0.5) is 0 Å². The van der Waals surface area contributed by atoms with Gasteiger partial charge >= 0.3 is 0 Å². The van der Waals surface area contributed by atoms with Crippen molar-refractivity contribution >= 4 is 17.4 Å². The van der Waals surface area contributed by atoms with Crippen LogP contribution < -0.4 is 0 Å². The minimum Gasteiger partial charge on any atom is -0.465 e. The summed E-state index contributed by atoms with van der Waals surface area (Å²) in [5.41, 5.74) is 3.17. The van der Waals surface area contributed by atoms with Crippen LogP contribution in [0.5, 0.6) is 0 Å². The number of benzene rings is 2. The van der Waals surface area contributed by atoms with E-state index >= 15 is 0 Å². The number of hydrogen-bond acceptors (Lipinski definition) is 5. The first kappa shape index (κ1) is 17.7. The fraction of sp³-hybridized carbons (Fsp3) is 0.0870. The van der Waals surface area contributed by atoms with Crippen LogP contribution in [0, 0.1) is 6.92 Å². The number of rotatable bonds is 6. The average molecular weight is 370 g/mol. The number of hydrogen-bond donors (Lipinski definition) is 0.